The van der Waals surface area contributed by atoms with Crippen molar-refractivity contribution in [3.8, 4) is 5.75 Å². The molecule has 7 nitrogen and oxygen atoms in total. The lowest BCUT2D eigenvalue weighted by molar-refractivity contribution is 0.396. The lowest BCUT2D eigenvalue weighted by Gasteiger charge is -2.23. The van der Waals surface area contributed by atoms with Crippen molar-refractivity contribution in [1.29, 1.82) is 0 Å². The number of sulfonamides is 1. The molecule has 2 aromatic rings. The zero-order valence-corrected chi connectivity index (χ0v) is 20.2. The molecule has 2 rings (SSSR count). The molecular formula is C18H27IN4O3S2. The van der Waals surface area contributed by atoms with E-state index in [4.69, 9.17) is 4.74 Å². The third-order valence-electron chi connectivity index (χ3n) is 3.72. The SMILES string of the molecule is CCNC(=NCCNS(=O)(=O)c1cccs1)N(C)Cc1ccccc1OC.I. The van der Waals surface area contributed by atoms with Gasteiger partial charge >= 0.3 is 0 Å². The topological polar surface area (TPSA) is 83.0 Å². The van der Waals surface area contributed by atoms with Gasteiger partial charge in [0.2, 0.25) is 10.0 Å². The first-order valence-electron chi connectivity index (χ1n) is 8.62. The number of rotatable bonds is 9. The summed E-state index contributed by atoms with van der Waals surface area (Å²) in [5, 5.41) is 4.96. The average molecular weight is 538 g/mol. The maximum Gasteiger partial charge on any atom is 0.250 e. The Balaban J connectivity index is 0.00000392. The number of hydrogen-bond acceptors (Lipinski definition) is 5. The molecule has 0 aliphatic heterocycles. The largest absolute Gasteiger partial charge is 0.496 e. The number of para-hydroxylation sites is 1. The van der Waals surface area contributed by atoms with Gasteiger partial charge < -0.3 is 15.0 Å². The normalized spacial score (nSPS) is 11.6. The molecule has 0 atom stereocenters. The van der Waals surface area contributed by atoms with Crippen molar-refractivity contribution in [2.75, 3.05) is 33.8 Å². The number of nitrogens with zero attached hydrogens (tertiary/aromatic N) is 2. The number of benzene rings is 1. The highest BCUT2D eigenvalue weighted by atomic mass is 127. The van der Waals surface area contributed by atoms with Crippen molar-refractivity contribution in [2.24, 2.45) is 4.99 Å². The second-order valence-corrected chi connectivity index (χ2v) is 8.67. The molecule has 0 unspecified atom stereocenters. The number of halogens is 1. The van der Waals surface area contributed by atoms with Gasteiger partial charge in [0.25, 0.3) is 0 Å². The van der Waals surface area contributed by atoms with Crippen molar-refractivity contribution in [1.82, 2.24) is 14.9 Å². The molecule has 1 heterocycles. The number of ether oxygens (including phenoxy) is 1. The van der Waals surface area contributed by atoms with Crippen LogP contribution in [0.4, 0.5) is 0 Å². The zero-order chi connectivity index (χ0) is 19.7. The molecule has 0 radical (unpaired) electrons. The summed E-state index contributed by atoms with van der Waals surface area (Å²) in [5.74, 6) is 1.53. The summed E-state index contributed by atoms with van der Waals surface area (Å²) in [6.45, 7) is 3.90. The van der Waals surface area contributed by atoms with Crippen LogP contribution in [0.25, 0.3) is 0 Å². The minimum Gasteiger partial charge on any atom is -0.496 e. The van der Waals surface area contributed by atoms with E-state index in [0.717, 1.165) is 17.9 Å². The summed E-state index contributed by atoms with van der Waals surface area (Å²) in [6, 6.07) is 11.1. The van der Waals surface area contributed by atoms with Gasteiger partial charge in [0, 0.05) is 32.2 Å². The van der Waals surface area contributed by atoms with Gasteiger partial charge in [-0.3, -0.25) is 4.99 Å². The summed E-state index contributed by atoms with van der Waals surface area (Å²) < 4.78 is 32.5. The Kier molecular flexibility index (Phi) is 10.8. The van der Waals surface area contributed by atoms with Crippen molar-refractivity contribution >= 4 is 51.3 Å². The molecule has 1 aromatic heterocycles. The van der Waals surface area contributed by atoms with Gasteiger partial charge in [-0.15, -0.1) is 35.3 Å². The number of thiophene rings is 1. The summed E-state index contributed by atoms with van der Waals surface area (Å²) in [6.07, 6.45) is 0. The van der Waals surface area contributed by atoms with Gasteiger partial charge in [-0.05, 0) is 24.4 Å². The van der Waals surface area contributed by atoms with E-state index in [-0.39, 0.29) is 30.5 Å². The molecule has 1 aromatic carbocycles. The Morgan fingerprint density at radius 3 is 2.64 bits per heavy atom. The van der Waals surface area contributed by atoms with Gasteiger partial charge in [-0.1, -0.05) is 24.3 Å². The molecule has 0 aliphatic rings. The lowest BCUT2D eigenvalue weighted by Crippen LogP contribution is -2.39. The number of guanidine groups is 1. The van der Waals surface area contributed by atoms with E-state index in [2.05, 4.69) is 15.0 Å². The molecule has 0 spiro atoms. The first kappa shape index (κ1) is 24.7. The molecule has 0 bridgehead atoms. The van der Waals surface area contributed by atoms with E-state index < -0.39 is 10.0 Å². The number of methoxy groups -OCH3 is 1. The number of aliphatic imine (C=N–C) groups is 1. The molecule has 156 valence electrons. The first-order valence-corrected chi connectivity index (χ1v) is 11.0. The third kappa shape index (κ3) is 7.22. The van der Waals surface area contributed by atoms with Crippen LogP contribution in [0.15, 0.2) is 51.0 Å². The fourth-order valence-corrected chi connectivity index (χ4v) is 4.52. The molecule has 0 amide bonds. The Bertz CT molecular complexity index is 842. The molecule has 28 heavy (non-hydrogen) atoms. The third-order valence-corrected chi connectivity index (χ3v) is 6.58. The summed E-state index contributed by atoms with van der Waals surface area (Å²) >= 11 is 1.19. The summed E-state index contributed by atoms with van der Waals surface area (Å²) in [7, 11) is 0.129. The minimum absolute atomic E-state index is 0. The van der Waals surface area contributed by atoms with Crippen LogP contribution in [0.5, 0.6) is 5.75 Å². The minimum atomic E-state index is -3.46. The first-order chi connectivity index (χ1) is 13.0. The smallest absolute Gasteiger partial charge is 0.250 e. The van der Waals surface area contributed by atoms with Crippen LogP contribution in [0.3, 0.4) is 0 Å². The monoisotopic (exact) mass is 538 g/mol. The van der Waals surface area contributed by atoms with Gasteiger partial charge in [-0.2, -0.15) is 0 Å². The molecule has 0 saturated heterocycles. The second kappa shape index (κ2) is 12.2. The fourth-order valence-electron chi connectivity index (χ4n) is 2.46. The number of nitrogens with one attached hydrogen (secondary N) is 2. The maximum atomic E-state index is 12.1. The molecule has 0 aliphatic carbocycles. The van der Waals surface area contributed by atoms with Crippen LogP contribution >= 0.6 is 35.3 Å². The average Bonchev–Trinajstić information content (AvgIpc) is 3.20. The van der Waals surface area contributed by atoms with Crippen LogP contribution in [-0.4, -0.2) is 53.1 Å². The second-order valence-electron chi connectivity index (χ2n) is 5.73. The van der Waals surface area contributed by atoms with Crippen molar-refractivity contribution in [2.45, 2.75) is 17.7 Å². The zero-order valence-electron chi connectivity index (χ0n) is 16.2. The predicted molar refractivity (Wildman–Crippen MR) is 125 cm³/mol. The highest BCUT2D eigenvalue weighted by Gasteiger charge is 2.14. The standard InChI is InChI=1S/C18H26N4O3S2.HI/c1-4-19-18(22(2)14-15-8-5-6-9-16(15)25-3)20-11-12-21-27(23,24)17-10-7-13-26-17;/h5-10,13,21H,4,11-12,14H2,1-3H3,(H,19,20);1H. The molecule has 0 saturated carbocycles. The van der Waals surface area contributed by atoms with E-state index in [1.165, 1.54) is 11.3 Å². The summed E-state index contributed by atoms with van der Waals surface area (Å²) in [5.41, 5.74) is 1.05. The van der Waals surface area contributed by atoms with E-state index in [1.54, 1.807) is 24.6 Å². The van der Waals surface area contributed by atoms with Crippen LogP contribution in [0, 0.1) is 0 Å². The van der Waals surface area contributed by atoms with E-state index in [0.29, 0.717) is 23.3 Å². The Labute approximate surface area is 188 Å². The van der Waals surface area contributed by atoms with Gasteiger partial charge in [0.1, 0.15) is 9.96 Å². The molecular weight excluding hydrogens is 511 g/mol. The van der Waals surface area contributed by atoms with E-state index in [1.807, 2.05) is 43.1 Å². The quantitative estimate of drug-likeness (QED) is 0.222. The Morgan fingerprint density at radius 1 is 1.25 bits per heavy atom. The molecule has 2 N–H and O–H groups in total. The van der Waals surface area contributed by atoms with Gasteiger partial charge in [-0.25, -0.2) is 13.1 Å². The van der Waals surface area contributed by atoms with Crippen LogP contribution in [0.2, 0.25) is 0 Å². The van der Waals surface area contributed by atoms with E-state index >= 15 is 0 Å². The Hall–Kier alpha value is -1.37. The highest BCUT2D eigenvalue weighted by molar-refractivity contribution is 14.0. The number of hydrogen-bond donors (Lipinski definition) is 2. The Morgan fingerprint density at radius 2 is 2.00 bits per heavy atom. The van der Waals surface area contributed by atoms with Crippen LogP contribution < -0.4 is 14.8 Å². The van der Waals surface area contributed by atoms with Gasteiger partial charge in [0.05, 0.1) is 13.7 Å². The predicted octanol–water partition coefficient (Wildman–Crippen LogP) is 2.75. The molecule has 10 heteroatoms. The van der Waals surface area contributed by atoms with Crippen LogP contribution in [-0.2, 0) is 16.6 Å². The molecule has 0 fully saturated rings. The fraction of sp³-hybridized carbons (Fsp3) is 0.389. The summed E-state index contributed by atoms with van der Waals surface area (Å²) in [4.78, 5) is 6.50. The van der Waals surface area contributed by atoms with Crippen molar-refractivity contribution < 1.29 is 13.2 Å². The van der Waals surface area contributed by atoms with Crippen LogP contribution in [0.1, 0.15) is 12.5 Å². The van der Waals surface area contributed by atoms with E-state index in [9.17, 15) is 8.42 Å². The highest BCUT2D eigenvalue weighted by Crippen LogP contribution is 2.18. The lowest BCUT2D eigenvalue weighted by atomic mass is 10.2. The van der Waals surface area contributed by atoms with Gasteiger partial charge in [0.15, 0.2) is 5.96 Å². The maximum absolute atomic E-state index is 12.1. The van der Waals surface area contributed by atoms with Crippen molar-refractivity contribution in [3.63, 3.8) is 0 Å². The van der Waals surface area contributed by atoms with Crippen molar-refractivity contribution in [3.05, 3.63) is 47.3 Å².